The highest BCUT2D eigenvalue weighted by atomic mass is 19.4. The molecule has 0 radical (unpaired) electrons. The van der Waals surface area contributed by atoms with Gasteiger partial charge in [-0.3, -0.25) is 0 Å². The summed E-state index contributed by atoms with van der Waals surface area (Å²) in [4.78, 5) is 0. The largest absolute Gasteiger partial charge is 0.455 e. The van der Waals surface area contributed by atoms with Crippen LogP contribution >= 0.6 is 0 Å². The summed E-state index contributed by atoms with van der Waals surface area (Å²) in [7, 11) is 0. The Hall–Kier alpha value is -1.21. The number of halogens is 5. The first-order valence-corrected chi connectivity index (χ1v) is 5.57. The van der Waals surface area contributed by atoms with Crippen LogP contribution in [-0.2, 0) is 17.8 Å². The summed E-state index contributed by atoms with van der Waals surface area (Å²) < 4.78 is 65.4. The molecule has 0 bridgehead atoms. The van der Waals surface area contributed by atoms with Crippen LogP contribution in [0.4, 0.5) is 22.0 Å². The van der Waals surface area contributed by atoms with Crippen molar-refractivity contribution in [2.24, 2.45) is 5.73 Å². The maximum atomic E-state index is 12.6. The Morgan fingerprint density at radius 1 is 1.00 bits per heavy atom. The Morgan fingerprint density at radius 3 is 2.11 bits per heavy atom. The molecule has 19 heavy (non-hydrogen) atoms. The van der Waals surface area contributed by atoms with Gasteiger partial charge in [0.25, 0.3) is 0 Å². The predicted molar refractivity (Wildman–Crippen MR) is 59.9 cm³/mol. The molecular formula is C12H14F5NO. The predicted octanol–water partition coefficient (Wildman–Crippen LogP) is 2.90. The van der Waals surface area contributed by atoms with Gasteiger partial charge in [-0.2, -0.15) is 22.0 Å². The van der Waals surface area contributed by atoms with Gasteiger partial charge in [-0.1, -0.05) is 24.3 Å². The van der Waals surface area contributed by atoms with Crippen molar-refractivity contribution < 1.29 is 26.7 Å². The van der Waals surface area contributed by atoms with Crippen LogP contribution in [0.2, 0.25) is 0 Å². The van der Waals surface area contributed by atoms with E-state index in [0.717, 1.165) is 5.56 Å². The molecule has 0 unspecified atom stereocenters. The minimum absolute atomic E-state index is 0.304. The zero-order chi connectivity index (χ0) is 14.5. The summed E-state index contributed by atoms with van der Waals surface area (Å²) in [6.07, 6.45) is -5.08. The minimum Gasteiger partial charge on any atom is -0.370 e. The number of alkyl halides is 5. The van der Waals surface area contributed by atoms with Gasteiger partial charge in [0, 0.05) is 0 Å². The highest BCUT2D eigenvalue weighted by molar-refractivity contribution is 5.26. The van der Waals surface area contributed by atoms with Crippen LogP contribution in [0, 0.1) is 0 Å². The van der Waals surface area contributed by atoms with E-state index < -0.39 is 18.7 Å². The Bertz CT molecular complexity index is 405. The molecule has 0 aliphatic rings. The molecule has 0 saturated heterocycles. The topological polar surface area (TPSA) is 35.2 Å². The second-order valence-electron chi connectivity index (χ2n) is 4.00. The molecule has 0 aromatic heterocycles. The zero-order valence-corrected chi connectivity index (χ0v) is 10.0. The van der Waals surface area contributed by atoms with E-state index in [1.54, 1.807) is 24.3 Å². The van der Waals surface area contributed by atoms with E-state index in [1.807, 2.05) is 0 Å². The Labute approximate surface area is 107 Å². The zero-order valence-electron chi connectivity index (χ0n) is 10.0. The number of rotatable bonds is 6. The van der Waals surface area contributed by atoms with Crippen molar-refractivity contribution >= 4 is 0 Å². The molecule has 0 atom stereocenters. The first-order valence-electron chi connectivity index (χ1n) is 5.57. The van der Waals surface area contributed by atoms with E-state index in [4.69, 9.17) is 5.73 Å². The molecule has 1 aromatic carbocycles. The lowest BCUT2D eigenvalue weighted by atomic mass is 10.1. The average molecular weight is 283 g/mol. The maximum Gasteiger partial charge on any atom is 0.455 e. The Morgan fingerprint density at radius 2 is 1.58 bits per heavy atom. The van der Waals surface area contributed by atoms with Crippen molar-refractivity contribution in [2.45, 2.75) is 25.1 Å². The monoisotopic (exact) mass is 283 g/mol. The Kier molecular flexibility index (Phi) is 5.25. The molecule has 108 valence electrons. The molecule has 1 aromatic rings. The third-order valence-electron chi connectivity index (χ3n) is 2.49. The van der Waals surface area contributed by atoms with Crippen molar-refractivity contribution in [3.8, 4) is 0 Å². The van der Waals surface area contributed by atoms with Gasteiger partial charge in [0.2, 0.25) is 0 Å². The van der Waals surface area contributed by atoms with Crippen LogP contribution in [-0.4, -0.2) is 25.3 Å². The molecule has 0 heterocycles. The molecule has 0 fully saturated rings. The Balaban J connectivity index is 2.59. The first kappa shape index (κ1) is 15.8. The van der Waals surface area contributed by atoms with Gasteiger partial charge in [-0.25, -0.2) is 0 Å². The van der Waals surface area contributed by atoms with Gasteiger partial charge in [0.15, 0.2) is 0 Å². The molecule has 0 amide bonds. The van der Waals surface area contributed by atoms with Crippen LogP contribution in [0.1, 0.15) is 11.1 Å². The number of nitrogens with two attached hydrogens (primary N) is 1. The fourth-order valence-corrected chi connectivity index (χ4v) is 1.47. The van der Waals surface area contributed by atoms with Crippen molar-refractivity contribution in [1.29, 1.82) is 0 Å². The van der Waals surface area contributed by atoms with Gasteiger partial charge in [0.1, 0.15) is 6.61 Å². The van der Waals surface area contributed by atoms with Crippen molar-refractivity contribution in [3.63, 3.8) is 0 Å². The summed E-state index contributed by atoms with van der Waals surface area (Å²) in [5, 5.41) is 0. The van der Waals surface area contributed by atoms with Gasteiger partial charge in [0.05, 0.1) is 6.61 Å². The van der Waals surface area contributed by atoms with Crippen molar-refractivity contribution in [3.05, 3.63) is 35.4 Å². The summed E-state index contributed by atoms with van der Waals surface area (Å²) in [6, 6.07) is 6.73. The van der Waals surface area contributed by atoms with Crippen LogP contribution < -0.4 is 5.73 Å². The first-order chi connectivity index (χ1) is 8.78. The fraction of sp³-hybridized carbons (Fsp3) is 0.500. The third-order valence-corrected chi connectivity index (χ3v) is 2.49. The molecule has 0 aliphatic heterocycles. The third kappa shape index (κ3) is 4.43. The van der Waals surface area contributed by atoms with E-state index in [-0.39, 0.29) is 6.61 Å². The summed E-state index contributed by atoms with van der Waals surface area (Å²) >= 11 is 0. The highest BCUT2D eigenvalue weighted by Crippen LogP contribution is 2.35. The standard InChI is InChI=1S/C12H14F5NO/c13-11(14,12(15,16)17)8-19-7-10-4-2-1-3-9(10)5-6-18/h1-4H,5-8,18H2. The molecular weight excluding hydrogens is 269 g/mol. The van der Waals surface area contributed by atoms with E-state index in [2.05, 4.69) is 4.74 Å². The smallest absolute Gasteiger partial charge is 0.370 e. The normalized spacial score (nSPS) is 12.7. The molecule has 0 saturated carbocycles. The quantitative estimate of drug-likeness (QED) is 0.815. The minimum atomic E-state index is -5.59. The van der Waals surface area contributed by atoms with E-state index in [0.29, 0.717) is 18.5 Å². The SMILES string of the molecule is NCCc1ccccc1COCC(F)(F)C(F)(F)F. The molecule has 2 N–H and O–H groups in total. The van der Waals surface area contributed by atoms with E-state index in [9.17, 15) is 22.0 Å². The number of benzene rings is 1. The van der Waals surface area contributed by atoms with Gasteiger partial charge < -0.3 is 10.5 Å². The maximum absolute atomic E-state index is 12.6. The van der Waals surface area contributed by atoms with Gasteiger partial charge >= 0.3 is 12.1 Å². The van der Waals surface area contributed by atoms with Crippen LogP contribution in [0.15, 0.2) is 24.3 Å². The molecule has 2 nitrogen and oxygen atoms in total. The average Bonchev–Trinajstić information content (AvgIpc) is 2.30. The van der Waals surface area contributed by atoms with Crippen LogP contribution in [0.3, 0.4) is 0 Å². The van der Waals surface area contributed by atoms with Crippen molar-refractivity contribution in [1.82, 2.24) is 0 Å². The molecule has 7 heteroatoms. The fourth-order valence-electron chi connectivity index (χ4n) is 1.47. The molecule has 1 rings (SSSR count). The highest BCUT2D eigenvalue weighted by Gasteiger charge is 2.57. The van der Waals surface area contributed by atoms with Gasteiger partial charge in [-0.15, -0.1) is 0 Å². The summed E-state index contributed by atoms with van der Waals surface area (Å²) in [5.74, 6) is -4.84. The van der Waals surface area contributed by atoms with Crippen LogP contribution in [0.5, 0.6) is 0 Å². The lowest BCUT2D eigenvalue weighted by Gasteiger charge is -2.19. The second-order valence-corrected chi connectivity index (χ2v) is 4.00. The second kappa shape index (κ2) is 6.29. The number of hydrogen-bond acceptors (Lipinski definition) is 2. The van der Waals surface area contributed by atoms with E-state index in [1.165, 1.54) is 0 Å². The number of ether oxygens (including phenoxy) is 1. The van der Waals surface area contributed by atoms with Crippen molar-refractivity contribution in [2.75, 3.05) is 13.2 Å². The lowest BCUT2D eigenvalue weighted by Crippen LogP contribution is -2.40. The van der Waals surface area contributed by atoms with Gasteiger partial charge in [-0.05, 0) is 24.1 Å². The lowest BCUT2D eigenvalue weighted by molar-refractivity contribution is -0.297. The summed E-state index contributed by atoms with van der Waals surface area (Å²) in [6.45, 7) is -1.63. The number of hydrogen-bond donors (Lipinski definition) is 1. The van der Waals surface area contributed by atoms with E-state index >= 15 is 0 Å². The molecule has 0 aliphatic carbocycles. The molecule has 0 spiro atoms. The van der Waals surface area contributed by atoms with Crippen LogP contribution in [0.25, 0.3) is 0 Å². The summed E-state index contributed by atoms with van der Waals surface area (Å²) in [5.41, 5.74) is 6.71.